The van der Waals surface area contributed by atoms with E-state index in [9.17, 15) is 5.11 Å². The van der Waals surface area contributed by atoms with E-state index in [0.717, 1.165) is 18.4 Å². The summed E-state index contributed by atoms with van der Waals surface area (Å²) in [6.07, 6.45) is 1.29. The maximum absolute atomic E-state index is 10.3. The summed E-state index contributed by atoms with van der Waals surface area (Å²) >= 11 is 1.81. The summed E-state index contributed by atoms with van der Waals surface area (Å²) in [5.74, 6) is 0.594. The maximum Gasteiger partial charge on any atom is 0.0733 e. The molecule has 3 N–H and O–H groups in total. The van der Waals surface area contributed by atoms with Gasteiger partial charge in [-0.05, 0) is 30.4 Å². The molecular formula is C17H29NOS. The van der Waals surface area contributed by atoms with Crippen molar-refractivity contribution in [3.8, 4) is 0 Å². The fourth-order valence-corrected chi connectivity index (χ4v) is 3.20. The van der Waals surface area contributed by atoms with Gasteiger partial charge in [-0.1, -0.05) is 52.8 Å². The normalized spacial score (nSPS) is 15.4. The van der Waals surface area contributed by atoms with Crippen LogP contribution in [0.25, 0.3) is 0 Å². The van der Waals surface area contributed by atoms with Crippen molar-refractivity contribution in [2.24, 2.45) is 11.7 Å². The highest BCUT2D eigenvalue weighted by Crippen LogP contribution is 2.36. The van der Waals surface area contributed by atoms with E-state index in [1.165, 1.54) is 4.90 Å². The summed E-state index contributed by atoms with van der Waals surface area (Å²) < 4.78 is 0.138. The van der Waals surface area contributed by atoms with Crippen molar-refractivity contribution in [1.29, 1.82) is 0 Å². The summed E-state index contributed by atoms with van der Waals surface area (Å²) in [6.45, 7) is 10.9. The van der Waals surface area contributed by atoms with E-state index in [-0.39, 0.29) is 10.8 Å². The summed E-state index contributed by atoms with van der Waals surface area (Å²) in [5.41, 5.74) is 7.34. The quantitative estimate of drug-likeness (QED) is 0.766. The van der Waals surface area contributed by atoms with Crippen molar-refractivity contribution < 1.29 is 5.11 Å². The predicted octanol–water partition coefficient (Wildman–Crippen LogP) is 4.37. The first-order valence-corrected chi connectivity index (χ1v) is 8.24. The van der Waals surface area contributed by atoms with Crippen molar-refractivity contribution in [3.63, 3.8) is 0 Å². The lowest BCUT2D eigenvalue weighted by atomic mass is 9.96. The molecular weight excluding hydrogens is 266 g/mol. The molecule has 3 heteroatoms. The van der Waals surface area contributed by atoms with Crippen LogP contribution in [0.1, 0.15) is 59.1 Å². The average molecular weight is 295 g/mol. The van der Waals surface area contributed by atoms with Crippen molar-refractivity contribution in [2.75, 3.05) is 0 Å². The lowest BCUT2D eigenvalue weighted by Gasteiger charge is -2.25. The Kier molecular flexibility index (Phi) is 6.56. The number of hydrogen-bond donors (Lipinski definition) is 2. The van der Waals surface area contributed by atoms with Crippen molar-refractivity contribution in [3.05, 3.63) is 29.8 Å². The highest BCUT2D eigenvalue weighted by molar-refractivity contribution is 8.00. The van der Waals surface area contributed by atoms with Crippen LogP contribution in [0.5, 0.6) is 0 Å². The number of aliphatic hydroxyl groups excluding tert-OH is 1. The zero-order valence-corrected chi connectivity index (χ0v) is 14.2. The number of rotatable bonds is 6. The third-order valence-corrected chi connectivity index (χ3v) is 4.35. The molecule has 0 aliphatic carbocycles. The molecule has 0 heterocycles. The van der Waals surface area contributed by atoms with Gasteiger partial charge in [0.1, 0.15) is 0 Å². The second-order valence-corrected chi connectivity index (χ2v) is 8.69. The first-order chi connectivity index (χ1) is 9.20. The number of aliphatic hydroxyl groups is 1. The van der Waals surface area contributed by atoms with Crippen LogP contribution in [0.15, 0.2) is 29.2 Å². The molecule has 0 aromatic heterocycles. The molecule has 1 rings (SSSR count). The molecule has 0 spiro atoms. The maximum atomic E-state index is 10.3. The Balaban J connectivity index is 2.84. The summed E-state index contributed by atoms with van der Waals surface area (Å²) in [6, 6.07) is 7.86. The Morgan fingerprint density at radius 2 is 1.75 bits per heavy atom. The third kappa shape index (κ3) is 5.86. The van der Waals surface area contributed by atoms with Gasteiger partial charge >= 0.3 is 0 Å². The molecule has 0 fully saturated rings. The molecule has 0 aliphatic rings. The molecule has 1 aromatic carbocycles. The largest absolute Gasteiger partial charge is 0.391 e. The van der Waals surface area contributed by atoms with Gasteiger partial charge in [0.2, 0.25) is 0 Å². The van der Waals surface area contributed by atoms with Gasteiger partial charge in [-0.25, -0.2) is 0 Å². The molecule has 20 heavy (non-hydrogen) atoms. The molecule has 114 valence electrons. The van der Waals surface area contributed by atoms with E-state index in [2.05, 4.69) is 40.7 Å². The van der Waals surface area contributed by atoms with Crippen LogP contribution in [-0.2, 0) is 0 Å². The highest BCUT2D eigenvalue weighted by atomic mass is 32.2. The fourth-order valence-electron chi connectivity index (χ4n) is 2.07. The minimum Gasteiger partial charge on any atom is -0.391 e. The minimum atomic E-state index is -0.473. The van der Waals surface area contributed by atoms with Gasteiger partial charge in [-0.2, -0.15) is 0 Å². The Bertz CT molecular complexity index is 412. The number of hydrogen-bond acceptors (Lipinski definition) is 3. The number of nitrogens with two attached hydrogens (primary N) is 1. The molecule has 2 nitrogen and oxygen atoms in total. The van der Waals surface area contributed by atoms with Gasteiger partial charge in [0.25, 0.3) is 0 Å². The van der Waals surface area contributed by atoms with Gasteiger partial charge in [0.15, 0.2) is 0 Å². The standard InChI is InChI=1S/C17H29NOS/c1-12(2)10-11-14(19)16(18)13-8-6-7-9-15(13)20-17(3,4)5/h6-9,12,14,16,19H,10-11,18H2,1-5H3/t14-,16+/m0/s1. The van der Waals surface area contributed by atoms with Crippen LogP contribution >= 0.6 is 11.8 Å². The van der Waals surface area contributed by atoms with E-state index in [0.29, 0.717) is 5.92 Å². The van der Waals surface area contributed by atoms with Crippen molar-refractivity contribution in [1.82, 2.24) is 0 Å². The summed E-state index contributed by atoms with van der Waals surface area (Å²) in [5, 5.41) is 10.3. The average Bonchev–Trinajstić information content (AvgIpc) is 2.33. The molecule has 2 atom stereocenters. The van der Waals surface area contributed by atoms with Crippen LogP contribution < -0.4 is 5.73 Å². The van der Waals surface area contributed by atoms with E-state index >= 15 is 0 Å². The van der Waals surface area contributed by atoms with E-state index in [1.807, 2.05) is 18.2 Å². The Labute approximate surface area is 128 Å². The minimum absolute atomic E-state index is 0.138. The Morgan fingerprint density at radius 3 is 2.30 bits per heavy atom. The number of benzene rings is 1. The van der Waals surface area contributed by atoms with Gasteiger partial charge in [0.05, 0.1) is 12.1 Å². The number of thioether (sulfide) groups is 1. The Hall–Kier alpha value is -0.510. The van der Waals surface area contributed by atoms with Gasteiger partial charge in [-0.15, -0.1) is 11.8 Å². The van der Waals surface area contributed by atoms with Gasteiger partial charge in [0, 0.05) is 9.64 Å². The monoisotopic (exact) mass is 295 g/mol. The summed E-state index contributed by atoms with van der Waals surface area (Å²) in [7, 11) is 0. The molecule has 0 saturated heterocycles. The zero-order valence-electron chi connectivity index (χ0n) is 13.4. The van der Waals surface area contributed by atoms with Crippen LogP contribution in [0.3, 0.4) is 0 Å². The molecule has 1 aromatic rings. The molecule has 0 saturated carbocycles. The first kappa shape index (κ1) is 17.5. The lowest BCUT2D eigenvalue weighted by molar-refractivity contribution is 0.127. The van der Waals surface area contributed by atoms with Crippen LogP contribution in [0.2, 0.25) is 0 Å². The first-order valence-electron chi connectivity index (χ1n) is 7.42. The van der Waals surface area contributed by atoms with Gasteiger partial charge in [-0.3, -0.25) is 0 Å². The van der Waals surface area contributed by atoms with E-state index in [4.69, 9.17) is 5.73 Å². The van der Waals surface area contributed by atoms with Crippen molar-refractivity contribution >= 4 is 11.8 Å². The Morgan fingerprint density at radius 1 is 1.15 bits per heavy atom. The predicted molar refractivity (Wildman–Crippen MR) is 89.1 cm³/mol. The van der Waals surface area contributed by atoms with Crippen LogP contribution in [-0.4, -0.2) is 16.0 Å². The van der Waals surface area contributed by atoms with Gasteiger partial charge < -0.3 is 10.8 Å². The van der Waals surface area contributed by atoms with E-state index in [1.54, 1.807) is 11.8 Å². The molecule has 0 radical (unpaired) electrons. The third-order valence-electron chi connectivity index (χ3n) is 3.15. The highest BCUT2D eigenvalue weighted by Gasteiger charge is 2.22. The topological polar surface area (TPSA) is 46.2 Å². The zero-order chi connectivity index (χ0) is 15.3. The molecule has 0 unspecified atom stereocenters. The summed E-state index contributed by atoms with van der Waals surface area (Å²) in [4.78, 5) is 1.18. The second kappa shape index (κ2) is 7.48. The lowest BCUT2D eigenvalue weighted by Crippen LogP contribution is -2.27. The molecule has 0 aliphatic heterocycles. The SMILES string of the molecule is CC(C)CC[C@H](O)[C@H](N)c1ccccc1SC(C)(C)C. The van der Waals surface area contributed by atoms with Crippen LogP contribution in [0.4, 0.5) is 0 Å². The van der Waals surface area contributed by atoms with Crippen molar-refractivity contribution in [2.45, 2.75) is 69.2 Å². The fraction of sp³-hybridized carbons (Fsp3) is 0.647. The molecule has 0 bridgehead atoms. The van der Waals surface area contributed by atoms with E-state index < -0.39 is 6.10 Å². The second-order valence-electron chi connectivity index (χ2n) is 6.82. The van der Waals surface area contributed by atoms with Crippen LogP contribution in [0, 0.1) is 5.92 Å². The molecule has 0 amide bonds. The smallest absolute Gasteiger partial charge is 0.0733 e.